The Hall–Kier alpha value is -1.69. The molecule has 0 spiro atoms. The summed E-state index contributed by atoms with van der Waals surface area (Å²) < 4.78 is 18.3. The number of benzene rings is 1. The number of halogens is 2. The molecule has 6 heteroatoms. The number of rotatable bonds is 5. The predicted octanol–water partition coefficient (Wildman–Crippen LogP) is 2.30. The number of nitrogens with two attached hydrogens (primary N) is 1. The van der Waals surface area contributed by atoms with Crippen LogP contribution < -0.4 is 10.5 Å². The van der Waals surface area contributed by atoms with Gasteiger partial charge in [-0.1, -0.05) is 18.2 Å². The number of hydrogen-bond acceptors (Lipinski definition) is 4. The summed E-state index contributed by atoms with van der Waals surface area (Å²) in [4.78, 5) is 3.61. The zero-order chi connectivity index (χ0) is 13.7. The molecule has 1 unspecified atom stereocenters. The third kappa shape index (κ3) is 4.77. The second kappa shape index (κ2) is 7.79. The van der Waals surface area contributed by atoms with Gasteiger partial charge in [0, 0.05) is 12.1 Å². The summed E-state index contributed by atoms with van der Waals surface area (Å²) in [5.41, 5.74) is 6.65. The first-order chi connectivity index (χ1) is 9.17. The van der Waals surface area contributed by atoms with Gasteiger partial charge in [-0.3, -0.25) is 0 Å². The average Bonchev–Trinajstić information content (AvgIpc) is 2.41. The molecule has 0 saturated carbocycles. The molecule has 1 heterocycles. The molecule has 1 aromatic carbocycles. The number of pyridine rings is 1. The van der Waals surface area contributed by atoms with Gasteiger partial charge in [-0.15, -0.1) is 12.4 Å². The number of aromatic nitrogens is 1. The third-order valence-corrected chi connectivity index (χ3v) is 2.57. The van der Waals surface area contributed by atoms with Crippen molar-refractivity contribution in [1.29, 1.82) is 0 Å². The van der Waals surface area contributed by atoms with Crippen molar-refractivity contribution in [1.82, 2.24) is 4.98 Å². The number of aliphatic hydroxyl groups is 1. The van der Waals surface area contributed by atoms with Crippen LogP contribution in [0.2, 0.25) is 0 Å². The van der Waals surface area contributed by atoms with Crippen LogP contribution >= 0.6 is 12.4 Å². The van der Waals surface area contributed by atoms with Gasteiger partial charge in [0.2, 0.25) is 11.8 Å². The second-order valence-electron chi connectivity index (χ2n) is 4.19. The van der Waals surface area contributed by atoms with Crippen molar-refractivity contribution < 1.29 is 14.2 Å². The van der Waals surface area contributed by atoms with Gasteiger partial charge in [0.1, 0.15) is 5.75 Å². The van der Waals surface area contributed by atoms with Crippen molar-refractivity contribution in [2.75, 3.05) is 6.61 Å². The van der Waals surface area contributed by atoms with E-state index in [1.54, 1.807) is 18.2 Å². The lowest BCUT2D eigenvalue weighted by atomic mass is 10.1. The van der Waals surface area contributed by atoms with Crippen LogP contribution in [0.5, 0.6) is 11.6 Å². The fourth-order valence-corrected chi connectivity index (χ4v) is 1.63. The van der Waals surface area contributed by atoms with Crippen LogP contribution in [-0.4, -0.2) is 22.7 Å². The van der Waals surface area contributed by atoms with Gasteiger partial charge < -0.3 is 15.6 Å². The van der Waals surface area contributed by atoms with E-state index in [4.69, 9.17) is 15.6 Å². The van der Waals surface area contributed by atoms with E-state index >= 15 is 0 Å². The lowest BCUT2D eigenvalue weighted by Crippen LogP contribution is -2.26. The molecule has 2 rings (SSSR count). The smallest absolute Gasteiger partial charge is 0.221 e. The summed E-state index contributed by atoms with van der Waals surface area (Å²) in [6.07, 6.45) is 0.592. The second-order valence-corrected chi connectivity index (χ2v) is 4.19. The van der Waals surface area contributed by atoms with Gasteiger partial charge in [0.25, 0.3) is 0 Å². The zero-order valence-corrected chi connectivity index (χ0v) is 11.5. The molecule has 108 valence electrons. The van der Waals surface area contributed by atoms with E-state index in [-0.39, 0.29) is 30.9 Å². The highest BCUT2D eigenvalue weighted by molar-refractivity contribution is 5.85. The van der Waals surface area contributed by atoms with Crippen LogP contribution in [0.15, 0.2) is 42.5 Å². The first-order valence-corrected chi connectivity index (χ1v) is 5.93. The fourth-order valence-electron chi connectivity index (χ4n) is 1.63. The van der Waals surface area contributed by atoms with Crippen molar-refractivity contribution in [2.45, 2.75) is 12.5 Å². The molecule has 0 fully saturated rings. The quantitative estimate of drug-likeness (QED) is 0.831. The maximum atomic E-state index is 12.9. The molecule has 0 aliphatic carbocycles. The Morgan fingerprint density at radius 2 is 1.90 bits per heavy atom. The summed E-state index contributed by atoms with van der Waals surface area (Å²) in [6, 6.07) is 11.3. The van der Waals surface area contributed by atoms with Gasteiger partial charge >= 0.3 is 0 Å². The first kappa shape index (κ1) is 16.4. The Bertz CT molecular complexity index is 537. The standard InChI is InChI=1S/C14H15FN2O2.ClH/c15-13-2-1-3-14(17-13)19-12-6-4-10(5-7-12)8-11(16)9-18;/h1-7,11,18H,8-9,16H2;1H. The molecule has 4 nitrogen and oxygen atoms in total. The van der Waals surface area contributed by atoms with Crippen molar-refractivity contribution in [3.63, 3.8) is 0 Å². The molecule has 0 aliphatic heterocycles. The lowest BCUT2D eigenvalue weighted by molar-refractivity contribution is 0.265. The molecule has 20 heavy (non-hydrogen) atoms. The summed E-state index contributed by atoms with van der Waals surface area (Å²) >= 11 is 0. The van der Waals surface area contributed by atoms with E-state index in [0.29, 0.717) is 12.2 Å². The summed E-state index contributed by atoms with van der Waals surface area (Å²) in [7, 11) is 0. The zero-order valence-electron chi connectivity index (χ0n) is 10.7. The Morgan fingerprint density at radius 1 is 1.20 bits per heavy atom. The first-order valence-electron chi connectivity index (χ1n) is 5.93. The summed E-state index contributed by atoms with van der Waals surface area (Å²) in [6.45, 7) is -0.0501. The van der Waals surface area contributed by atoms with Crippen molar-refractivity contribution >= 4 is 12.4 Å². The molecular weight excluding hydrogens is 283 g/mol. The predicted molar refractivity (Wildman–Crippen MR) is 76.7 cm³/mol. The molecule has 0 saturated heterocycles. The van der Waals surface area contributed by atoms with Gasteiger partial charge in [-0.05, 0) is 30.2 Å². The van der Waals surface area contributed by atoms with Crippen LogP contribution in [0, 0.1) is 5.95 Å². The molecule has 0 radical (unpaired) electrons. The Balaban J connectivity index is 0.00000200. The summed E-state index contributed by atoms with van der Waals surface area (Å²) in [5.74, 6) is 0.197. The highest BCUT2D eigenvalue weighted by Gasteiger charge is 2.04. The van der Waals surface area contributed by atoms with E-state index in [0.717, 1.165) is 5.56 Å². The van der Waals surface area contributed by atoms with E-state index in [1.165, 1.54) is 12.1 Å². The normalized spacial score (nSPS) is 11.6. The Morgan fingerprint density at radius 3 is 2.50 bits per heavy atom. The van der Waals surface area contributed by atoms with Crippen LogP contribution in [0.25, 0.3) is 0 Å². The lowest BCUT2D eigenvalue weighted by Gasteiger charge is -2.09. The maximum Gasteiger partial charge on any atom is 0.221 e. The monoisotopic (exact) mass is 298 g/mol. The summed E-state index contributed by atoms with van der Waals surface area (Å²) in [5, 5.41) is 8.88. The SMILES string of the molecule is Cl.NC(CO)Cc1ccc(Oc2cccc(F)n2)cc1. The van der Waals surface area contributed by atoms with E-state index < -0.39 is 5.95 Å². The molecular formula is C14H16ClFN2O2. The Kier molecular flexibility index (Phi) is 6.38. The number of ether oxygens (including phenoxy) is 1. The van der Waals surface area contributed by atoms with Crippen molar-refractivity contribution in [2.24, 2.45) is 5.73 Å². The van der Waals surface area contributed by atoms with Crippen molar-refractivity contribution in [3.8, 4) is 11.6 Å². The highest BCUT2D eigenvalue weighted by atomic mass is 35.5. The van der Waals surface area contributed by atoms with Gasteiger partial charge in [0.15, 0.2) is 0 Å². The molecule has 0 amide bonds. The maximum absolute atomic E-state index is 12.9. The minimum Gasteiger partial charge on any atom is -0.439 e. The number of hydrogen-bond donors (Lipinski definition) is 2. The number of aliphatic hydroxyl groups excluding tert-OH is 1. The highest BCUT2D eigenvalue weighted by Crippen LogP contribution is 2.20. The molecule has 2 aromatic rings. The van der Waals surface area contributed by atoms with E-state index in [2.05, 4.69) is 4.98 Å². The van der Waals surface area contributed by atoms with Gasteiger partial charge in [0.05, 0.1) is 6.61 Å². The van der Waals surface area contributed by atoms with E-state index in [9.17, 15) is 4.39 Å². The van der Waals surface area contributed by atoms with Crippen LogP contribution in [0.4, 0.5) is 4.39 Å². The van der Waals surface area contributed by atoms with E-state index in [1.807, 2.05) is 12.1 Å². The third-order valence-electron chi connectivity index (χ3n) is 2.57. The topological polar surface area (TPSA) is 68.4 Å². The van der Waals surface area contributed by atoms with Crippen LogP contribution in [0.1, 0.15) is 5.56 Å². The molecule has 1 atom stereocenters. The Labute approximate surface area is 122 Å². The fraction of sp³-hybridized carbons (Fsp3) is 0.214. The van der Waals surface area contributed by atoms with Crippen LogP contribution in [-0.2, 0) is 6.42 Å². The molecule has 1 aromatic heterocycles. The molecule has 3 N–H and O–H groups in total. The van der Waals surface area contributed by atoms with Gasteiger partial charge in [-0.25, -0.2) is 0 Å². The minimum atomic E-state index is -0.581. The molecule has 0 aliphatic rings. The van der Waals surface area contributed by atoms with Gasteiger partial charge in [-0.2, -0.15) is 9.37 Å². The van der Waals surface area contributed by atoms with Crippen LogP contribution in [0.3, 0.4) is 0 Å². The van der Waals surface area contributed by atoms with Crippen molar-refractivity contribution in [3.05, 3.63) is 54.0 Å². The largest absolute Gasteiger partial charge is 0.439 e. The minimum absolute atomic E-state index is 0. The molecule has 0 bridgehead atoms. The number of nitrogens with zero attached hydrogens (tertiary/aromatic N) is 1. The average molecular weight is 299 g/mol.